The Kier molecular flexibility index (Phi) is 3.96. The molecule has 2 heterocycles. The van der Waals surface area contributed by atoms with Crippen molar-refractivity contribution in [3.05, 3.63) is 22.4 Å². The highest BCUT2D eigenvalue weighted by molar-refractivity contribution is 8.17. The molecule has 0 N–H and O–H groups in total. The van der Waals surface area contributed by atoms with Gasteiger partial charge in [0.1, 0.15) is 0 Å². The lowest BCUT2D eigenvalue weighted by Gasteiger charge is -2.19. The smallest absolute Gasteiger partial charge is 0.165 e. The topological polar surface area (TPSA) is 17.1 Å². The van der Waals surface area contributed by atoms with Crippen LogP contribution in [0.1, 0.15) is 23.2 Å². The molecule has 2 rings (SSSR count). The van der Waals surface area contributed by atoms with Crippen LogP contribution in [0.5, 0.6) is 0 Å². The molecule has 1 nitrogen and oxygen atoms in total. The minimum atomic E-state index is 0.304. The fraction of sp³-hybridized carbons (Fsp3) is 0.500. The van der Waals surface area contributed by atoms with Crippen molar-refractivity contribution in [2.45, 2.75) is 17.4 Å². The van der Waals surface area contributed by atoms with E-state index < -0.39 is 0 Å². The first-order chi connectivity index (χ1) is 6.86. The van der Waals surface area contributed by atoms with Crippen LogP contribution in [0, 0.1) is 0 Å². The monoisotopic (exact) mass is 244 g/mol. The largest absolute Gasteiger partial charge is 0.294 e. The Bertz CT molecular complexity index is 288. The van der Waals surface area contributed by atoms with Gasteiger partial charge in [0.2, 0.25) is 0 Å². The van der Waals surface area contributed by atoms with Gasteiger partial charge in [0, 0.05) is 17.4 Å². The maximum absolute atomic E-state index is 11.8. The Morgan fingerprint density at radius 2 is 2.21 bits per heavy atom. The highest BCUT2D eigenvalue weighted by atomic mass is 32.2. The minimum Gasteiger partial charge on any atom is -0.294 e. The fourth-order valence-corrected chi connectivity index (χ4v) is 4.84. The lowest BCUT2D eigenvalue weighted by molar-refractivity contribution is 0.0988. The van der Waals surface area contributed by atoms with Crippen molar-refractivity contribution >= 4 is 40.6 Å². The first kappa shape index (κ1) is 10.6. The highest BCUT2D eigenvalue weighted by Gasteiger charge is 2.18. The molecule has 0 atom stereocenters. The molecule has 0 spiro atoms. The number of ketones is 1. The molecule has 1 saturated heterocycles. The summed E-state index contributed by atoms with van der Waals surface area (Å²) in [6.07, 6.45) is 1.99. The summed E-state index contributed by atoms with van der Waals surface area (Å²) in [7, 11) is 0. The number of thioether (sulfide) groups is 2. The molecule has 0 amide bonds. The van der Waals surface area contributed by atoms with Crippen LogP contribution in [-0.2, 0) is 0 Å². The van der Waals surface area contributed by atoms with Gasteiger partial charge in [-0.05, 0) is 29.4 Å². The second kappa shape index (κ2) is 5.24. The van der Waals surface area contributed by atoms with Gasteiger partial charge in [0.25, 0.3) is 0 Å². The lowest BCUT2D eigenvalue weighted by Crippen LogP contribution is -2.12. The molecule has 0 radical (unpaired) electrons. The Labute approximate surface area is 96.7 Å². The SMILES string of the molecule is O=C(CC1SCCCS1)c1ccsc1. The lowest BCUT2D eigenvalue weighted by atomic mass is 10.2. The molecule has 76 valence electrons. The summed E-state index contributed by atoms with van der Waals surface area (Å²) in [6.45, 7) is 0. The molecule has 0 saturated carbocycles. The zero-order chi connectivity index (χ0) is 9.80. The van der Waals surface area contributed by atoms with E-state index in [0.717, 1.165) is 5.56 Å². The van der Waals surface area contributed by atoms with Crippen molar-refractivity contribution in [3.63, 3.8) is 0 Å². The second-order valence-electron chi connectivity index (χ2n) is 3.16. The van der Waals surface area contributed by atoms with E-state index in [0.29, 0.717) is 16.8 Å². The van der Waals surface area contributed by atoms with Crippen LogP contribution in [0.2, 0.25) is 0 Å². The van der Waals surface area contributed by atoms with Crippen LogP contribution in [0.15, 0.2) is 16.8 Å². The molecule has 1 aliphatic rings. The number of hydrogen-bond donors (Lipinski definition) is 0. The third-order valence-corrected chi connectivity index (χ3v) is 5.72. The van der Waals surface area contributed by atoms with Crippen LogP contribution in [0.3, 0.4) is 0 Å². The fourth-order valence-electron chi connectivity index (χ4n) is 1.35. The van der Waals surface area contributed by atoms with Crippen molar-refractivity contribution in [2.24, 2.45) is 0 Å². The van der Waals surface area contributed by atoms with Gasteiger partial charge in [-0.25, -0.2) is 0 Å². The summed E-state index contributed by atoms with van der Waals surface area (Å²) in [4.78, 5) is 11.8. The molecule has 0 aromatic carbocycles. The van der Waals surface area contributed by atoms with Gasteiger partial charge < -0.3 is 0 Å². The maximum Gasteiger partial charge on any atom is 0.165 e. The van der Waals surface area contributed by atoms with E-state index in [-0.39, 0.29) is 0 Å². The summed E-state index contributed by atoms with van der Waals surface area (Å²) < 4.78 is 0.496. The zero-order valence-corrected chi connectivity index (χ0v) is 10.2. The van der Waals surface area contributed by atoms with Gasteiger partial charge in [-0.3, -0.25) is 4.79 Å². The van der Waals surface area contributed by atoms with Crippen molar-refractivity contribution in [2.75, 3.05) is 11.5 Å². The predicted octanol–water partition coefficient (Wildman–Crippen LogP) is 3.52. The molecule has 0 aliphatic carbocycles. The number of carbonyl (C=O) groups excluding carboxylic acids is 1. The van der Waals surface area contributed by atoms with Gasteiger partial charge in [-0.1, -0.05) is 0 Å². The standard InChI is InChI=1S/C10H12OS3/c11-9(8-2-5-12-7-8)6-10-13-3-1-4-14-10/h2,5,7,10H,1,3-4,6H2. The normalized spacial score (nSPS) is 18.3. The van der Waals surface area contributed by atoms with Crippen molar-refractivity contribution in [3.8, 4) is 0 Å². The van der Waals surface area contributed by atoms with Crippen LogP contribution >= 0.6 is 34.9 Å². The molecule has 1 aromatic heterocycles. The van der Waals surface area contributed by atoms with Crippen molar-refractivity contribution < 1.29 is 4.79 Å². The predicted molar refractivity (Wildman–Crippen MR) is 66.6 cm³/mol. The zero-order valence-electron chi connectivity index (χ0n) is 7.77. The molecule has 1 fully saturated rings. The number of rotatable bonds is 3. The molecule has 14 heavy (non-hydrogen) atoms. The summed E-state index contributed by atoms with van der Waals surface area (Å²) in [6, 6.07) is 1.92. The van der Waals surface area contributed by atoms with Gasteiger partial charge in [-0.2, -0.15) is 11.3 Å². The van der Waals surface area contributed by atoms with Gasteiger partial charge in [0.05, 0.1) is 4.58 Å². The van der Waals surface area contributed by atoms with Crippen LogP contribution in [-0.4, -0.2) is 21.9 Å². The van der Waals surface area contributed by atoms with Gasteiger partial charge in [-0.15, -0.1) is 23.5 Å². The van der Waals surface area contributed by atoms with E-state index in [1.807, 2.05) is 40.4 Å². The number of carbonyl (C=O) groups is 1. The second-order valence-corrected chi connectivity index (χ2v) is 6.86. The number of thiophene rings is 1. The number of Topliss-reactive ketones (excluding diaryl/α,β-unsaturated/α-hetero) is 1. The summed E-state index contributed by atoms with van der Waals surface area (Å²) >= 11 is 5.46. The van der Waals surface area contributed by atoms with E-state index in [4.69, 9.17) is 0 Å². The average molecular weight is 244 g/mol. The van der Waals surface area contributed by atoms with E-state index in [1.165, 1.54) is 17.9 Å². The maximum atomic E-state index is 11.8. The summed E-state index contributed by atoms with van der Waals surface area (Å²) in [5.41, 5.74) is 0.891. The van der Waals surface area contributed by atoms with E-state index in [9.17, 15) is 4.79 Å². The molecule has 4 heteroatoms. The summed E-state index contributed by atoms with van der Waals surface area (Å²) in [5, 5.41) is 3.91. The highest BCUT2D eigenvalue weighted by Crippen LogP contribution is 2.33. The molecule has 1 aromatic rings. The third kappa shape index (κ3) is 2.78. The first-order valence-corrected chi connectivity index (χ1v) is 7.69. The first-order valence-electron chi connectivity index (χ1n) is 4.65. The average Bonchev–Trinajstić information content (AvgIpc) is 2.72. The molecule has 0 unspecified atom stereocenters. The van der Waals surface area contributed by atoms with Crippen LogP contribution in [0.25, 0.3) is 0 Å². The van der Waals surface area contributed by atoms with E-state index >= 15 is 0 Å². The Balaban J connectivity index is 1.87. The molecular formula is C10H12OS3. The van der Waals surface area contributed by atoms with Gasteiger partial charge >= 0.3 is 0 Å². The molecular weight excluding hydrogens is 232 g/mol. The Morgan fingerprint density at radius 1 is 1.43 bits per heavy atom. The summed E-state index contributed by atoms with van der Waals surface area (Å²) in [5.74, 6) is 2.74. The van der Waals surface area contributed by atoms with E-state index in [2.05, 4.69) is 0 Å². The van der Waals surface area contributed by atoms with E-state index in [1.54, 1.807) is 11.3 Å². The van der Waals surface area contributed by atoms with Crippen LogP contribution in [0.4, 0.5) is 0 Å². The Morgan fingerprint density at radius 3 is 2.86 bits per heavy atom. The van der Waals surface area contributed by atoms with Crippen molar-refractivity contribution in [1.29, 1.82) is 0 Å². The Hall–Kier alpha value is 0.0700. The molecule has 1 aliphatic heterocycles. The number of hydrogen-bond acceptors (Lipinski definition) is 4. The minimum absolute atomic E-state index is 0.304. The van der Waals surface area contributed by atoms with Crippen LogP contribution < -0.4 is 0 Å². The van der Waals surface area contributed by atoms with Crippen molar-refractivity contribution in [1.82, 2.24) is 0 Å². The third-order valence-electron chi connectivity index (χ3n) is 2.09. The quantitative estimate of drug-likeness (QED) is 0.757. The van der Waals surface area contributed by atoms with Gasteiger partial charge in [0.15, 0.2) is 5.78 Å². The molecule has 0 bridgehead atoms.